The van der Waals surface area contributed by atoms with E-state index < -0.39 is 5.02 Å². The highest BCUT2D eigenvalue weighted by molar-refractivity contribution is 9.09. The van der Waals surface area contributed by atoms with E-state index in [0.29, 0.717) is 24.2 Å². The summed E-state index contributed by atoms with van der Waals surface area (Å²) in [5.74, 6) is 0.166. The van der Waals surface area contributed by atoms with Gasteiger partial charge in [0.05, 0.1) is 0 Å². The molecular weight excluding hydrogens is 356 g/mol. The van der Waals surface area contributed by atoms with E-state index in [0.717, 1.165) is 25.9 Å². The van der Waals surface area contributed by atoms with E-state index in [1.54, 1.807) is 6.20 Å². The van der Waals surface area contributed by atoms with Crippen molar-refractivity contribution in [3.8, 4) is 5.75 Å². The van der Waals surface area contributed by atoms with Crippen molar-refractivity contribution >= 4 is 15.9 Å². The fourth-order valence-corrected chi connectivity index (χ4v) is 2.90. The minimum Gasteiger partial charge on any atom is -0.423 e. The lowest BCUT2D eigenvalue weighted by atomic mass is 10.0. The average Bonchev–Trinajstić information content (AvgIpc) is 2.41. The molecule has 7 heteroatoms. The molecule has 0 radical (unpaired) electrons. The zero-order valence-electron chi connectivity index (χ0n) is 12.9. The third-order valence-corrected chi connectivity index (χ3v) is 3.80. The van der Waals surface area contributed by atoms with Crippen molar-refractivity contribution in [2.45, 2.75) is 50.3 Å². The maximum Gasteiger partial charge on any atom is 0.459 e. The largest absolute Gasteiger partial charge is 0.459 e. The zero-order chi connectivity index (χ0) is 16.2. The highest BCUT2D eigenvalue weighted by Crippen LogP contribution is 2.30. The number of hydrogen-bond acceptors (Lipinski definition) is 4. The second-order valence-electron chi connectivity index (χ2n) is 5.90. The SMILES string of the molecule is CC(C)NC1CCN(Cc2cnccc2OC(F)(F)Br)CC1. The molecule has 2 heterocycles. The number of halogens is 3. The summed E-state index contributed by atoms with van der Waals surface area (Å²) in [5.41, 5.74) is 0.678. The van der Waals surface area contributed by atoms with Gasteiger partial charge in [-0.05, 0) is 32.0 Å². The number of hydrogen-bond donors (Lipinski definition) is 1. The van der Waals surface area contributed by atoms with E-state index in [-0.39, 0.29) is 5.75 Å². The number of likely N-dealkylation sites (tertiary alicyclic amines) is 1. The Morgan fingerprint density at radius 1 is 1.45 bits per heavy atom. The van der Waals surface area contributed by atoms with Crippen molar-refractivity contribution in [1.82, 2.24) is 15.2 Å². The van der Waals surface area contributed by atoms with Crippen LogP contribution < -0.4 is 10.1 Å². The summed E-state index contributed by atoms with van der Waals surface area (Å²) in [6.07, 6.45) is 5.16. The number of nitrogens with zero attached hydrogens (tertiary/aromatic N) is 2. The maximum absolute atomic E-state index is 13.0. The molecule has 1 saturated heterocycles. The molecule has 2 rings (SSSR count). The van der Waals surface area contributed by atoms with Gasteiger partial charge in [-0.25, -0.2) is 0 Å². The van der Waals surface area contributed by atoms with Crippen LogP contribution in [0, 0.1) is 0 Å². The second kappa shape index (κ2) is 7.66. The van der Waals surface area contributed by atoms with Crippen LogP contribution in [0.3, 0.4) is 0 Å². The normalized spacial score (nSPS) is 17.9. The maximum atomic E-state index is 13.0. The van der Waals surface area contributed by atoms with Gasteiger partial charge in [0.1, 0.15) is 5.75 Å². The van der Waals surface area contributed by atoms with Crippen LogP contribution in [0.2, 0.25) is 0 Å². The van der Waals surface area contributed by atoms with E-state index in [2.05, 4.69) is 49.7 Å². The molecule has 1 N–H and O–H groups in total. The predicted octanol–water partition coefficient (Wildman–Crippen LogP) is 3.37. The van der Waals surface area contributed by atoms with Gasteiger partial charge in [0.25, 0.3) is 0 Å². The topological polar surface area (TPSA) is 37.4 Å². The Morgan fingerprint density at radius 2 is 2.14 bits per heavy atom. The first-order valence-electron chi connectivity index (χ1n) is 7.50. The van der Waals surface area contributed by atoms with Gasteiger partial charge in [-0.2, -0.15) is 8.78 Å². The summed E-state index contributed by atoms with van der Waals surface area (Å²) in [6.45, 7) is 6.73. The van der Waals surface area contributed by atoms with Crippen molar-refractivity contribution < 1.29 is 13.5 Å². The lowest BCUT2D eigenvalue weighted by Gasteiger charge is -2.33. The minimum atomic E-state index is -3.36. The molecule has 1 aromatic heterocycles. The molecule has 0 saturated carbocycles. The van der Waals surface area contributed by atoms with E-state index in [1.807, 2.05) is 0 Å². The lowest BCUT2D eigenvalue weighted by molar-refractivity contribution is -0.0812. The number of pyridine rings is 1. The molecule has 1 aliphatic heterocycles. The summed E-state index contributed by atoms with van der Waals surface area (Å²) >= 11 is 2.21. The number of piperidine rings is 1. The molecular formula is C15H22BrF2N3O. The predicted molar refractivity (Wildman–Crippen MR) is 85.3 cm³/mol. The van der Waals surface area contributed by atoms with E-state index in [9.17, 15) is 8.78 Å². The Bertz CT molecular complexity index is 474. The van der Waals surface area contributed by atoms with Crippen LogP contribution in [-0.2, 0) is 6.54 Å². The van der Waals surface area contributed by atoms with Gasteiger partial charge in [0.2, 0.25) is 0 Å². The number of rotatable bonds is 6. The van der Waals surface area contributed by atoms with Crippen LogP contribution in [-0.4, -0.2) is 40.1 Å². The van der Waals surface area contributed by atoms with Crippen molar-refractivity contribution in [2.24, 2.45) is 0 Å². The summed E-state index contributed by atoms with van der Waals surface area (Å²) in [6, 6.07) is 2.49. The number of ether oxygens (including phenoxy) is 1. The second-order valence-corrected chi connectivity index (χ2v) is 6.83. The van der Waals surface area contributed by atoms with Gasteiger partial charge in [-0.1, -0.05) is 13.8 Å². The van der Waals surface area contributed by atoms with Crippen LogP contribution in [0.15, 0.2) is 18.5 Å². The molecule has 0 atom stereocenters. The van der Waals surface area contributed by atoms with E-state index in [4.69, 9.17) is 0 Å². The first-order valence-corrected chi connectivity index (χ1v) is 8.30. The van der Waals surface area contributed by atoms with Gasteiger partial charge in [-0.3, -0.25) is 9.88 Å². The highest BCUT2D eigenvalue weighted by Gasteiger charge is 2.28. The van der Waals surface area contributed by atoms with Gasteiger partial charge >= 0.3 is 5.02 Å². The van der Waals surface area contributed by atoms with Gasteiger partial charge in [0.15, 0.2) is 0 Å². The van der Waals surface area contributed by atoms with Crippen molar-refractivity contribution in [2.75, 3.05) is 13.1 Å². The fraction of sp³-hybridized carbons (Fsp3) is 0.667. The molecule has 22 heavy (non-hydrogen) atoms. The molecule has 0 bridgehead atoms. The molecule has 1 aliphatic rings. The Kier molecular flexibility index (Phi) is 6.11. The zero-order valence-corrected chi connectivity index (χ0v) is 14.4. The van der Waals surface area contributed by atoms with Crippen molar-refractivity contribution in [3.63, 3.8) is 0 Å². The number of aromatic nitrogens is 1. The highest BCUT2D eigenvalue weighted by atomic mass is 79.9. The van der Waals surface area contributed by atoms with Crippen LogP contribution >= 0.6 is 15.9 Å². The molecule has 0 unspecified atom stereocenters. The van der Waals surface area contributed by atoms with Crippen molar-refractivity contribution in [1.29, 1.82) is 0 Å². The number of nitrogens with one attached hydrogen (secondary N) is 1. The molecule has 0 amide bonds. The molecule has 0 aromatic carbocycles. The summed E-state index contributed by atoms with van der Waals surface area (Å²) in [7, 11) is 0. The first kappa shape index (κ1) is 17.6. The Balaban J connectivity index is 1.92. The van der Waals surface area contributed by atoms with Gasteiger partial charge in [-0.15, -0.1) is 0 Å². The molecule has 0 aliphatic carbocycles. The Morgan fingerprint density at radius 3 is 2.73 bits per heavy atom. The quantitative estimate of drug-likeness (QED) is 0.771. The smallest absolute Gasteiger partial charge is 0.423 e. The first-order chi connectivity index (χ1) is 10.3. The molecule has 124 valence electrons. The summed E-state index contributed by atoms with van der Waals surface area (Å²) in [4.78, 5) is 6.26. The lowest BCUT2D eigenvalue weighted by Crippen LogP contribution is -2.44. The molecule has 4 nitrogen and oxygen atoms in total. The van der Waals surface area contributed by atoms with Crippen molar-refractivity contribution in [3.05, 3.63) is 24.0 Å². The van der Waals surface area contributed by atoms with Crippen LogP contribution in [0.4, 0.5) is 8.78 Å². The van der Waals surface area contributed by atoms with Gasteiger partial charge < -0.3 is 10.1 Å². The fourth-order valence-electron chi connectivity index (χ4n) is 2.73. The Hall–Kier alpha value is -0.790. The summed E-state index contributed by atoms with van der Waals surface area (Å²) in [5, 5.41) is 0.176. The van der Waals surface area contributed by atoms with Crippen LogP contribution in [0.25, 0.3) is 0 Å². The molecule has 0 spiro atoms. The van der Waals surface area contributed by atoms with Crippen LogP contribution in [0.1, 0.15) is 32.3 Å². The molecule has 1 aromatic rings. The standard InChI is InChI=1S/C15H22BrF2N3O/c1-11(2)20-13-4-7-21(8-5-13)10-12-9-19-6-3-14(12)22-15(16,17)18/h3,6,9,11,13,20H,4-5,7-8,10H2,1-2H3. The third-order valence-electron chi connectivity index (χ3n) is 3.64. The summed E-state index contributed by atoms with van der Waals surface area (Å²) < 4.78 is 30.6. The van der Waals surface area contributed by atoms with Crippen LogP contribution in [0.5, 0.6) is 5.75 Å². The monoisotopic (exact) mass is 377 g/mol. The average molecular weight is 378 g/mol. The van der Waals surface area contributed by atoms with E-state index in [1.165, 1.54) is 12.3 Å². The third kappa shape index (κ3) is 5.78. The van der Waals surface area contributed by atoms with Gasteiger partial charge in [0, 0.05) is 52.5 Å². The van der Waals surface area contributed by atoms with E-state index >= 15 is 0 Å². The minimum absolute atomic E-state index is 0.166. The Labute approximate surface area is 138 Å². The molecule has 1 fully saturated rings. The number of alkyl halides is 3.